The average Bonchev–Trinajstić information content (AvgIpc) is 3.30. The number of piperidine rings is 1. The van der Waals surface area contributed by atoms with Gasteiger partial charge in [-0.1, -0.05) is 36.4 Å². The lowest BCUT2D eigenvalue weighted by molar-refractivity contribution is -0.149. The molecule has 0 unspecified atom stereocenters. The summed E-state index contributed by atoms with van der Waals surface area (Å²) in [6, 6.07) is 17.3. The Hall–Kier alpha value is -3.79. The number of rotatable bonds is 6. The third-order valence-electron chi connectivity index (χ3n) is 5.71. The zero-order valence-corrected chi connectivity index (χ0v) is 17.7. The van der Waals surface area contributed by atoms with Crippen molar-refractivity contribution < 1.29 is 23.8 Å². The monoisotopic (exact) mass is 432 g/mol. The first-order valence-electron chi connectivity index (χ1n) is 10.6. The summed E-state index contributed by atoms with van der Waals surface area (Å²) in [6.07, 6.45) is 4.25. The van der Waals surface area contributed by atoms with E-state index in [9.17, 15) is 14.9 Å². The van der Waals surface area contributed by atoms with Gasteiger partial charge >= 0.3 is 5.97 Å². The molecular formula is C25H24N2O5. The first kappa shape index (κ1) is 21.4. The van der Waals surface area contributed by atoms with Gasteiger partial charge in [0.05, 0.1) is 0 Å². The predicted octanol–water partition coefficient (Wildman–Crippen LogP) is 3.35. The molecule has 2 aromatic rings. The van der Waals surface area contributed by atoms with Gasteiger partial charge in [0, 0.05) is 13.1 Å². The van der Waals surface area contributed by atoms with Crippen LogP contribution in [-0.2, 0) is 20.7 Å². The summed E-state index contributed by atoms with van der Waals surface area (Å²) in [6.45, 7) is 1.06. The lowest BCUT2D eigenvalue weighted by atomic mass is 9.90. The van der Waals surface area contributed by atoms with Gasteiger partial charge in [-0.2, -0.15) is 5.26 Å². The number of carbonyl (C=O) groups is 2. The number of nitriles is 1. The minimum Gasteiger partial charge on any atom is -0.454 e. The summed E-state index contributed by atoms with van der Waals surface area (Å²) < 4.78 is 15.7. The van der Waals surface area contributed by atoms with E-state index in [1.807, 2.05) is 24.3 Å². The molecule has 1 saturated heterocycles. The van der Waals surface area contributed by atoms with E-state index in [4.69, 9.17) is 14.2 Å². The SMILES string of the molecule is N#C/C(=C/c1ccc2c(c1)OCO2)C(=O)OCC(=O)N1CCC(Cc2ccccc2)CC1. The van der Waals surface area contributed by atoms with Crippen molar-refractivity contribution in [2.75, 3.05) is 26.5 Å². The molecule has 4 rings (SSSR count). The van der Waals surface area contributed by atoms with Crippen LogP contribution in [0.1, 0.15) is 24.0 Å². The van der Waals surface area contributed by atoms with E-state index in [1.165, 1.54) is 11.6 Å². The van der Waals surface area contributed by atoms with Crippen molar-refractivity contribution in [3.63, 3.8) is 0 Å². The molecule has 1 fully saturated rings. The quantitative estimate of drug-likeness (QED) is 0.395. The minimum absolute atomic E-state index is 0.140. The number of hydrogen-bond donors (Lipinski definition) is 0. The second-order valence-corrected chi connectivity index (χ2v) is 7.87. The molecule has 0 spiro atoms. The predicted molar refractivity (Wildman–Crippen MR) is 117 cm³/mol. The zero-order chi connectivity index (χ0) is 22.3. The Morgan fingerprint density at radius 1 is 1.09 bits per heavy atom. The van der Waals surface area contributed by atoms with Crippen molar-refractivity contribution in [1.82, 2.24) is 4.90 Å². The number of benzene rings is 2. The second kappa shape index (κ2) is 10.0. The Morgan fingerprint density at radius 2 is 1.84 bits per heavy atom. The van der Waals surface area contributed by atoms with Gasteiger partial charge in [-0.25, -0.2) is 4.79 Å². The standard InChI is InChI=1S/C25H24N2O5/c26-15-21(13-20-6-7-22-23(14-20)32-17-31-22)25(29)30-16-24(28)27-10-8-19(9-11-27)12-18-4-2-1-3-5-18/h1-7,13-14,19H,8-12,16-17H2/b21-13-. The number of amides is 1. The Labute approximate surface area is 186 Å². The van der Waals surface area contributed by atoms with Gasteiger partial charge in [-0.15, -0.1) is 0 Å². The van der Waals surface area contributed by atoms with Crippen LogP contribution in [0.5, 0.6) is 11.5 Å². The Bertz CT molecular complexity index is 1050. The van der Waals surface area contributed by atoms with E-state index in [2.05, 4.69) is 12.1 Å². The van der Waals surface area contributed by atoms with E-state index in [0.717, 1.165) is 19.3 Å². The number of fused-ring (bicyclic) bond motifs is 1. The van der Waals surface area contributed by atoms with Gasteiger partial charge in [0.25, 0.3) is 5.91 Å². The Morgan fingerprint density at radius 3 is 2.59 bits per heavy atom. The highest BCUT2D eigenvalue weighted by molar-refractivity contribution is 5.98. The molecule has 32 heavy (non-hydrogen) atoms. The fourth-order valence-corrected chi connectivity index (χ4v) is 3.94. The molecule has 2 heterocycles. The van der Waals surface area contributed by atoms with Crippen molar-refractivity contribution >= 4 is 18.0 Å². The fourth-order valence-electron chi connectivity index (χ4n) is 3.94. The van der Waals surface area contributed by atoms with E-state index in [-0.39, 0.29) is 24.9 Å². The van der Waals surface area contributed by atoms with Gasteiger partial charge in [0.15, 0.2) is 18.1 Å². The van der Waals surface area contributed by atoms with E-state index in [0.29, 0.717) is 36.1 Å². The molecule has 0 aromatic heterocycles. The smallest absolute Gasteiger partial charge is 0.349 e. The third-order valence-corrected chi connectivity index (χ3v) is 5.71. The summed E-state index contributed by atoms with van der Waals surface area (Å²) in [5, 5.41) is 9.35. The molecule has 164 valence electrons. The molecule has 0 bridgehead atoms. The van der Waals surface area contributed by atoms with Crippen LogP contribution in [0.25, 0.3) is 6.08 Å². The summed E-state index contributed by atoms with van der Waals surface area (Å²) in [5.41, 5.74) is 1.73. The van der Waals surface area contributed by atoms with Gasteiger partial charge in [0.1, 0.15) is 11.6 Å². The maximum absolute atomic E-state index is 12.5. The van der Waals surface area contributed by atoms with Crippen LogP contribution in [-0.4, -0.2) is 43.3 Å². The van der Waals surface area contributed by atoms with Gasteiger partial charge in [-0.3, -0.25) is 4.79 Å². The molecule has 0 aliphatic carbocycles. The molecule has 7 heteroatoms. The van der Waals surface area contributed by atoms with Gasteiger partial charge < -0.3 is 19.1 Å². The van der Waals surface area contributed by atoms with Gasteiger partial charge in [-0.05, 0) is 54.5 Å². The summed E-state index contributed by atoms with van der Waals surface area (Å²) in [4.78, 5) is 26.5. The minimum atomic E-state index is -0.822. The van der Waals surface area contributed by atoms with Crippen molar-refractivity contribution in [1.29, 1.82) is 5.26 Å². The summed E-state index contributed by atoms with van der Waals surface area (Å²) >= 11 is 0. The van der Waals surface area contributed by atoms with E-state index in [1.54, 1.807) is 23.1 Å². The molecule has 0 atom stereocenters. The number of carbonyl (C=O) groups excluding carboxylic acids is 2. The Kier molecular flexibility index (Phi) is 6.71. The molecule has 2 aromatic carbocycles. The number of nitrogens with zero attached hydrogens (tertiary/aromatic N) is 2. The van der Waals surface area contributed by atoms with Crippen LogP contribution >= 0.6 is 0 Å². The maximum atomic E-state index is 12.5. The second-order valence-electron chi connectivity index (χ2n) is 7.87. The first-order valence-corrected chi connectivity index (χ1v) is 10.6. The van der Waals surface area contributed by atoms with E-state index < -0.39 is 5.97 Å². The maximum Gasteiger partial charge on any atom is 0.349 e. The molecule has 2 aliphatic heterocycles. The normalized spacial score (nSPS) is 15.8. The largest absolute Gasteiger partial charge is 0.454 e. The van der Waals surface area contributed by atoms with Crippen molar-refractivity contribution in [2.45, 2.75) is 19.3 Å². The molecule has 0 N–H and O–H groups in total. The van der Waals surface area contributed by atoms with Crippen molar-refractivity contribution in [3.05, 3.63) is 65.2 Å². The molecule has 7 nitrogen and oxygen atoms in total. The van der Waals surface area contributed by atoms with Crippen LogP contribution < -0.4 is 9.47 Å². The van der Waals surface area contributed by atoms with E-state index >= 15 is 0 Å². The van der Waals surface area contributed by atoms with Crippen LogP contribution in [0.2, 0.25) is 0 Å². The van der Waals surface area contributed by atoms with Crippen LogP contribution in [0.15, 0.2) is 54.1 Å². The number of ether oxygens (including phenoxy) is 3. The lowest BCUT2D eigenvalue weighted by Gasteiger charge is -2.32. The Balaban J connectivity index is 1.26. The highest BCUT2D eigenvalue weighted by Crippen LogP contribution is 2.33. The molecule has 1 amide bonds. The highest BCUT2D eigenvalue weighted by Gasteiger charge is 2.24. The number of hydrogen-bond acceptors (Lipinski definition) is 6. The zero-order valence-electron chi connectivity index (χ0n) is 17.7. The number of likely N-dealkylation sites (tertiary alicyclic amines) is 1. The molecule has 0 saturated carbocycles. The topological polar surface area (TPSA) is 88.9 Å². The average molecular weight is 432 g/mol. The van der Waals surface area contributed by atoms with Gasteiger partial charge in [0.2, 0.25) is 6.79 Å². The summed E-state index contributed by atoms with van der Waals surface area (Å²) in [7, 11) is 0. The van der Waals surface area contributed by atoms with Crippen molar-refractivity contribution in [3.8, 4) is 17.6 Å². The lowest BCUT2D eigenvalue weighted by Crippen LogP contribution is -2.41. The van der Waals surface area contributed by atoms with Crippen molar-refractivity contribution in [2.24, 2.45) is 5.92 Å². The molecular weight excluding hydrogens is 408 g/mol. The summed E-state index contributed by atoms with van der Waals surface area (Å²) in [5.74, 6) is 0.643. The van der Waals surface area contributed by atoms with Crippen LogP contribution in [0.3, 0.4) is 0 Å². The van der Waals surface area contributed by atoms with Crippen LogP contribution in [0.4, 0.5) is 0 Å². The highest BCUT2D eigenvalue weighted by atomic mass is 16.7. The van der Waals surface area contributed by atoms with Crippen LogP contribution in [0, 0.1) is 17.2 Å². The first-order chi connectivity index (χ1) is 15.6. The molecule has 2 aliphatic rings. The molecule has 0 radical (unpaired) electrons. The fraction of sp³-hybridized carbons (Fsp3) is 0.320. The third kappa shape index (κ3) is 5.27. The number of esters is 1.